The van der Waals surface area contributed by atoms with Crippen LogP contribution in [-0.4, -0.2) is 13.0 Å². The first-order valence-electron chi connectivity index (χ1n) is 7.43. The number of rotatable bonds is 4. The van der Waals surface area contributed by atoms with Crippen molar-refractivity contribution in [3.8, 4) is 0 Å². The van der Waals surface area contributed by atoms with E-state index in [0.717, 1.165) is 5.57 Å². The first-order chi connectivity index (χ1) is 11.8. The maximum atomic E-state index is 10.2. The second-order valence-electron chi connectivity index (χ2n) is 4.87. The average Bonchev–Trinajstić information content (AvgIpc) is 2.62. The molecule has 0 saturated carbocycles. The Bertz CT molecular complexity index is 781. The van der Waals surface area contributed by atoms with Crippen molar-refractivity contribution in [2.75, 3.05) is 0 Å². The van der Waals surface area contributed by atoms with Gasteiger partial charge in [0.15, 0.2) is 0 Å². The smallest absolute Gasteiger partial charge is 0.744 e. The summed E-state index contributed by atoms with van der Waals surface area (Å²) in [4.78, 5) is 0. The van der Waals surface area contributed by atoms with Crippen LogP contribution < -0.4 is 29.6 Å². The van der Waals surface area contributed by atoms with E-state index in [4.69, 9.17) is 0 Å². The minimum atomic E-state index is -4.25. The molecular weight excluding hydrogens is 355 g/mol. The summed E-state index contributed by atoms with van der Waals surface area (Å²) in [5.74, 6) is 0. The van der Waals surface area contributed by atoms with Gasteiger partial charge in [-0.05, 0) is 24.1 Å². The van der Waals surface area contributed by atoms with E-state index in [2.05, 4.69) is 19.7 Å². The SMILES string of the molecule is C=CC(=C)C.C=Cc1ccccc1.O=S(=O)([O-])C=Cc1ccccc1.[Na+]. The van der Waals surface area contributed by atoms with Gasteiger partial charge in [0.1, 0.15) is 10.1 Å². The summed E-state index contributed by atoms with van der Waals surface area (Å²) >= 11 is 0. The van der Waals surface area contributed by atoms with Crippen LogP contribution in [0, 0.1) is 0 Å². The van der Waals surface area contributed by atoms with E-state index in [0.29, 0.717) is 11.0 Å². The van der Waals surface area contributed by atoms with E-state index in [-0.39, 0.29) is 29.6 Å². The average molecular weight is 378 g/mol. The van der Waals surface area contributed by atoms with Crippen LogP contribution in [-0.2, 0) is 10.1 Å². The Balaban J connectivity index is 0. The van der Waals surface area contributed by atoms with Gasteiger partial charge in [0.2, 0.25) is 0 Å². The molecule has 0 N–H and O–H groups in total. The Morgan fingerprint density at radius 2 is 1.31 bits per heavy atom. The molecule has 0 unspecified atom stereocenters. The predicted molar refractivity (Wildman–Crippen MR) is 107 cm³/mol. The molecule has 2 aromatic carbocycles. The van der Waals surface area contributed by atoms with E-state index in [9.17, 15) is 13.0 Å². The molecule has 0 fully saturated rings. The monoisotopic (exact) mass is 378 g/mol. The first-order valence-corrected chi connectivity index (χ1v) is 8.90. The Morgan fingerprint density at radius 3 is 1.58 bits per heavy atom. The zero-order valence-electron chi connectivity index (χ0n) is 15.3. The third-order valence-corrected chi connectivity index (χ3v) is 3.08. The predicted octanol–water partition coefficient (Wildman–Crippen LogP) is 2.28. The van der Waals surface area contributed by atoms with Gasteiger partial charge in [-0.2, -0.15) is 0 Å². The van der Waals surface area contributed by atoms with Gasteiger partial charge in [0, 0.05) is 5.41 Å². The van der Waals surface area contributed by atoms with Crippen molar-refractivity contribution < 1.29 is 42.5 Å². The van der Waals surface area contributed by atoms with Crippen LogP contribution in [0.5, 0.6) is 0 Å². The summed E-state index contributed by atoms with van der Waals surface area (Å²) in [5.41, 5.74) is 2.88. The topological polar surface area (TPSA) is 57.2 Å². The summed E-state index contributed by atoms with van der Waals surface area (Å²) < 4.78 is 30.5. The summed E-state index contributed by atoms with van der Waals surface area (Å²) in [6, 6.07) is 18.8. The number of allylic oxidation sites excluding steroid dienone is 2. The van der Waals surface area contributed by atoms with Crippen LogP contribution in [0.2, 0.25) is 0 Å². The molecule has 0 spiro atoms. The van der Waals surface area contributed by atoms with Gasteiger partial charge in [-0.3, -0.25) is 0 Å². The quantitative estimate of drug-likeness (QED) is 0.466. The molecule has 0 saturated heterocycles. The molecule has 0 radical (unpaired) electrons. The fraction of sp³-hybridized carbons (Fsp3) is 0.0476. The fourth-order valence-corrected chi connectivity index (χ4v) is 1.64. The second-order valence-corrected chi connectivity index (χ2v) is 6.13. The van der Waals surface area contributed by atoms with Gasteiger partial charge in [0.05, 0.1) is 0 Å². The Labute approximate surface area is 179 Å². The van der Waals surface area contributed by atoms with Crippen LogP contribution in [0.1, 0.15) is 18.1 Å². The van der Waals surface area contributed by atoms with Crippen molar-refractivity contribution in [3.63, 3.8) is 0 Å². The molecule has 0 bridgehead atoms. The molecular formula is C21H23NaO3S. The molecule has 132 valence electrons. The van der Waals surface area contributed by atoms with Crippen molar-refractivity contribution in [1.82, 2.24) is 0 Å². The maximum absolute atomic E-state index is 10.2. The molecule has 0 amide bonds. The summed E-state index contributed by atoms with van der Waals surface area (Å²) in [7, 11) is -4.25. The standard InChI is InChI=1S/C8H8O3S.C8H8.C5H8.Na/c9-12(10,11)7-6-8-4-2-1-3-5-8;1-2-8-6-4-3-5-7-8;1-4-5(2)3;/h1-7H,(H,9,10,11);2-7H,1H2;4H,1-2H2,3H3;/q;;;+1/p-1. The van der Waals surface area contributed by atoms with Gasteiger partial charge in [0.25, 0.3) is 0 Å². The van der Waals surface area contributed by atoms with Gasteiger partial charge in [-0.15, -0.1) is 0 Å². The van der Waals surface area contributed by atoms with Gasteiger partial charge in [-0.25, -0.2) is 8.42 Å². The summed E-state index contributed by atoms with van der Waals surface area (Å²) in [6.07, 6.45) is 4.82. The first kappa shape index (κ1) is 26.5. The normalized spacial score (nSPS) is 9.46. The van der Waals surface area contributed by atoms with Crippen LogP contribution >= 0.6 is 0 Å². The largest absolute Gasteiger partial charge is 1.00 e. The van der Waals surface area contributed by atoms with Crippen LogP contribution in [0.25, 0.3) is 12.2 Å². The Kier molecular flexibility index (Phi) is 15.9. The van der Waals surface area contributed by atoms with Crippen molar-refractivity contribution >= 4 is 22.3 Å². The van der Waals surface area contributed by atoms with E-state index in [1.54, 1.807) is 30.3 Å². The van der Waals surface area contributed by atoms with Gasteiger partial charge in [-0.1, -0.05) is 98.1 Å². The Hall–Kier alpha value is -1.69. The molecule has 0 aliphatic rings. The van der Waals surface area contributed by atoms with E-state index in [1.165, 1.54) is 11.6 Å². The minimum absolute atomic E-state index is 0. The molecule has 2 aromatic rings. The molecule has 0 aliphatic carbocycles. The van der Waals surface area contributed by atoms with Crippen LogP contribution in [0.3, 0.4) is 0 Å². The van der Waals surface area contributed by atoms with Crippen LogP contribution in [0.4, 0.5) is 0 Å². The van der Waals surface area contributed by atoms with Crippen molar-refractivity contribution in [2.45, 2.75) is 6.92 Å². The number of hydrogen-bond acceptors (Lipinski definition) is 3. The maximum Gasteiger partial charge on any atom is 1.00 e. The molecule has 2 rings (SSSR count). The number of benzene rings is 2. The van der Waals surface area contributed by atoms with Gasteiger partial charge < -0.3 is 4.55 Å². The number of hydrogen-bond donors (Lipinski definition) is 0. The van der Waals surface area contributed by atoms with Gasteiger partial charge >= 0.3 is 29.6 Å². The van der Waals surface area contributed by atoms with E-state index in [1.807, 2.05) is 49.4 Å². The van der Waals surface area contributed by atoms with Crippen molar-refractivity contribution in [3.05, 3.63) is 109 Å². The molecule has 5 heteroatoms. The van der Waals surface area contributed by atoms with Crippen molar-refractivity contribution in [2.24, 2.45) is 0 Å². The molecule has 3 nitrogen and oxygen atoms in total. The zero-order chi connectivity index (χ0) is 19.1. The van der Waals surface area contributed by atoms with E-state index >= 15 is 0 Å². The summed E-state index contributed by atoms with van der Waals surface area (Å²) in [6.45, 7) is 12.6. The molecule has 0 atom stereocenters. The minimum Gasteiger partial charge on any atom is -0.744 e. The molecule has 0 heterocycles. The zero-order valence-corrected chi connectivity index (χ0v) is 18.2. The second kappa shape index (κ2) is 15.6. The third kappa shape index (κ3) is 17.1. The molecule has 0 aromatic heterocycles. The fourth-order valence-electron chi connectivity index (χ4n) is 1.32. The van der Waals surface area contributed by atoms with Crippen molar-refractivity contribution in [1.29, 1.82) is 0 Å². The summed E-state index contributed by atoms with van der Waals surface area (Å²) in [5, 5.41) is 0.641. The van der Waals surface area contributed by atoms with Crippen LogP contribution in [0.15, 0.2) is 97.5 Å². The van der Waals surface area contributed by atoms with E-state index < -0.39 is 10.1 Å². The molecule has 26 heavy (non-hydrogen) atoms. The Morgan fingerprint density at radius 1 is 0.923 bits per heavy atom. The molecule has 0 aliphatic heterocycles. The third-order valence-electron chi connectivity index (χ3n) is 2.61.